The molecule has 1 aliphatic heterocycles. The van der Waals surface area contributed by atoms with E-state index in [1.165, 1.54) is 22.5 Å². The maximum absolute atomic E-state index is 12.8. The number of benzene rings is 1. The second-order valence-electron chi connectivity index (χ2n) is 9.36. The van der Waals surface area contributed by atoms with E-state index in [0.29, 0.717) is 10.7 Å². The lowest BCUT2D eigenvalue weighted by molar-refractivity contribution is 0.102. The molecule has 3 aromatic rings. The average molecular weight is 480 g/mol. The maximum atomic E-state index is 12.8. The van der Waals surface area contributed by atoms with Crippen LogP contribution in [0.4, 0.5) is 5.13 Å². The van der Waals surface area contributed by atoms with Crippen LogP contribution in [-0.4, -0.2) is 70.1 Å². The molecule has 0 radical (unpaired) electrons. The number of carbonyl (C=O) groups is 1. The molecule has 0 unspecified atom stereocenters. The smallest absolute Gasteiger partial charge is 0.259 e. The highest BCUT2D eigenvalue weighted by Gasteiger charge is 2.26. The molecule has 2 aromatic heterocycles. The number of β-amino-alcohol motifs (C(OH)–C–C–N with tert-alkyl or cyclic N) is 1. The lowest BCUT2D eigenvalue weighted by atomic mass is 9.82. The van der Waals surface area contributed by atoms with Gasteiger partial charge in [-0.2, -0.15) is 0 Å². The van der Waals surface area contributed by atoms with Crippen LogP contribution in [0.2, 0.25) is 0 Å². The summed E-state index contributed by atoms with van der Waals surface area (Å²) in [6, 6.07) is 12.2. The largest absolute Gasteiger partial charge is 0.395 e. The third-order valence-corrected chi connectivity index (χ3v) is 7.25. The summed E-state index contributed by atoms with van der Waals surface area (Å²) in [6.07, 6.45) is 1.64. The van der Waals surface area contributed by atoms with Crippen LogP contribution in [0.5, 0.6) is 0 Å². The van der Waals surface area contributed by atoms with Crippen molar-refractivity contribution in [2.24, 2.45) is 0 Å². The summed E-state index contributed by atoms with van der Waals surface area (Å²) in [6.45, 7) is 11.9. The standard InChI is InChI=1S/C26H33N5O2S/c1-19-4-7-21(8-5-19)26(2,3)23-18-34-25(28-23)29-24(33)20-6-9-22(27-16-20)17-31-12-10-30(11-13-31)14-15-32/h4-9,16,18,32H,10-15,17H2,1-3H3,(H,28,29,33). The first kappa shape index (κ1) is 24.5. The highest BCUT2D eigenvalue weighted by Crippen LogP contribution is 2.33. The number of aliphatic hydroxyl groups excluding tert-OH is 1. The van der Waals surface area contributed by atoms with Crippen molar-refractivity contribution >= 4 is 22.4 Å². The Hall–Kier alpha value is -2.65. The highest BCUT2D eigenvalue weighted by atomic mass is 32.1. The van der Waals surface area contributed by atoms with Gasteiger partial charge in [-0.05, 0) is 24.6 Å². The number of piperazine rings is 1. The monoisotopic (exact) mass is 479 g/mol. The highest BCUT2D eigenvalue weighted by molar-refractivity contribution is 7.14. The van der Waals surface area contributed by atoms with Crippen LogP contribution in [0, 0.1) is 6.92 Å². The quantitative estimate of drug-likeness (QED) is 0.514. The minimum atomic E-state index is -0.250. The van der Waals surface area contributed by atoms with Crippen molar-refractivity contribution in [2.45, 2.75) is 32.7 Å². The number of aliphatic hydroxyl groups is 1. The summed E-state index contributed by atoms with van der Waals surface area (Å²) in [7, 11) is 0. The Morgan fingerprint density at radius 3 is 2.44 bits per heavy atom. The lowest BCUT2D eigenvalue weighted by Crippen LogP contribution is -2.46. The Balaban J connectivity index is 1.34. The third-order valence-electron chi connectivity index (χ3n) is 6.49. The second-order valence-corrected chi connectivity index (χ2v) is 10.2. The van der Waals surface area contributed by atoms with Crippen LogP contribution in [0.1, 0.15) is 46.7 Å². The van der Waals surface area contributed by atoms with Gasteiger partial charge >= 0.3 is 0 Å². The van der Waals surface area contributed by atoms with Gasteiger partial charge in [0, 0.05) is 56.3 Å². The van der Waals surface area contributed by atoms with E-state index in [4.69, 9.17) is 10.1 Å². The second kappa shape index (κ2) is 10.7. The number of pyridine rings is 1. The van der Waals surface area contributed by atoms with Crippen LogP contribution in [0.25, 0.3) is 0 Å². The summed E-state index contributed by atoms with van der Waals surface area (Å²) in [5.41, 5.74) is 4.57. The van der Waals surface area contributed by atoms with E-state index in [2.05, 4.69) is 65.1 Å². The molecule has 0 aliphatic carbocycles. The lowest BCUT2D eigenvalue weighted by Gasteiger charge is -2.34. The van der Waals surface area contributed by atoms with Gasteiger partial charge < -0.3 is 5.11 Å². The predicted molar refractivity (Wildman–Crippen MR) is 136 cm³/mol. The van der Waals surface area contributed by atoms with Crippen LogP contribution >= 0.6 is 11.3 Å². The summed E-state index contributed by atoms with van der Waals surface area (Å²) >= 11 is 1.44. The van der Waals surface area contributed by atoms with Crippen molar-refractivity contribution in [1.29, 1.82) is 0 Å². The zero-order valence-corrected chi connectivity index (χ0v) is 20.9. The van der Waals surface area contributed by atoms with Gasteiger partial charge in [0.25, 0.3) is 5.91 Å². The van der Waals surface area contributed by atoms with Gasteiger partial charge in [0.05, 0.1) is 23.6 Å². The van der Waals surface area contributed by atoms with Crippen molar-refractivity contribution < 1.29 is 9.90 Å². The molecule has 1 amide bonds. The molecule has 4 rings (SSSR count). The summed E-state index contributed by atoms with van der Waals surface area (Å²) in [5.74, 6) is -0.203. The predicted octanol–water partition coefficient (Wildman–Crippen LogP) is 3.53. The zero-order chi connectivity index (χ0) is 24.1. The maximum Gasteiger partial charge on any atom is 0.259 e. The fourth-order valence-corrected chi connectivity index (χ4v) is 4.97. The summed E-state index contributed by atoms with van der Waals surface area (Å²) in [4.78, 5) is 26.6. The Bertz CT molecular complexity index is 1090. The molecule has 8 heteroatoms. The van der Waals surface area contributed by atoms with Crippen molar-refractivity contribution in [2.75, 3.05) is 44.6 Å². The SMILES string of the molecule is Cc1ccc(C(C)(C)c2csc(NC(=O)c3ccc(CN4CCN(CCO)CC4)nc3)n2)cc1. The number of rotatable bonds is 8. The van der Waals surface area contributed by atoms with E-state index in [1.54, 1.807) is 6.20 Å². The van der Waals surface area contributed by atoms with E-state index in [1.807, 2.05) is 17.5 Å². The van der Waals surface area contributed by atoms with Gasteiger partial charge in [0.2, 0.25) is 0 Å². The van der Waals surface area contributed by atoms with Gasteiger partial charge in [-0.15, -0.1) is 11.3 Å². The Labute approximate surface area is 205 Å². The summed E-state index contributed by atoms with van der Waals surface area (Å²) in [5, 5.41) is 14.6. The van der Waals surface area contributed by atoms with E-state index in [-0.39, 0.29) is 17.9 Å². The molecular formula is C26H33N5O2S. The number of hydrogen-bond acceptors (Lipinski definition) is 7. The van der Waals surface area contributed by atoms with Crippen molar-refractivity contribution in [3.05, 3.63) is 76.1 Å². The van der Waals surface area contributed by atoms with Crippen molar-refractivity contribution in [1.82, 2.24) is 19.8 Å². The van der Waals surface area contributed by atoms with Crippen molar-refractivity contribution in [3.8, 4) is 0 Å². The molecule has 2 N–H and O–H groups in total. The third kappa shape index (κ3) is 5.88. The number of amides is 1. The molecule has 1 fully saturated rings. The number of hydrogen-bond donors (Lipinski definition) is 2. The molecule has 1 aliphatic rings. The van der Waals surface area contributed by atoms with Gasteiger partial charge in [-0.25, -0.2) is 4.98 Å². The van der Waals surface area contributed by atoms with Gasteiger partial charge in [0.15, 0.2) is 5.13 Å². The number of anilines is 1. The molecule has 0 atom stereocenters. The Kier molecular flexibility index (Phi) is 7.73. The van der Waals surface area contributed by atoms with Crippen LogP contribution in [-0.2, 0) is 12.0 Å². The molecular weight excluding hydrogens is 446 g/mol. The number of nitrogens with one attached hydrogen (secondary N) is 1. The molecule has 1 aromatic carbocycles. The van der Waals surface area contributed by atoms with Crippen LogP contribution in [0.15, 0.2) is 48.0 Å². The van der Waals surface area contributed by atoms with E-state index < -0.39 is 0 Å². The molecule has 1 saturated heterocycles. The van der Waals surface area contributed by atoms with E-state index in [9.17, 15) is 4.79 Å². The van der Waals surface area contributed by atoms with Crippen LogP contribution < -0.4 is 5.32 Å². The molecule has 0 spiro atoms. The topological polar surface area (TPSA) is 81.6 Å². The van der Waals surface area contributed by atoms with Crippen LogP contribution in [0.3, 0.4) is 0 Å². The first-order valence-electron chi connectivity index (χ1n) is 11.7. The number of aryl methyl sites for hydroxylation is 1. The number of thiazole rings is 1. The Morgan fingerprint density at radius 2 is 1.79 bits per heavy atom. The normalized spacial score (nSPS) is 15.4. The molecule has 7 nitrogen and oxygen atoms in total. The molecule has 3 heterocycles. The van der Waals surface area contributed by atoms with E-state index >= 15 is 0 Å². The zero-order valence-electron chi connectivity index (χ0n) is 20.1. The van der Waals surface area contributed by atoms with Gasteiger partial charge in [0.1, 0.15) is 0 Å². The molecule has 0 bridgehead atoms. The fourth-order valence-electron chi connectivity index (χ4n) is 4.10. The Morgan fingerprint density at radius 1 is 1.09 bits per heavy atom. The first-order valence-corrected chi connectivity index (χ1v) is 12.6. The molecule has 34 heavy (non-hydrogen) atoms. The number of aromatic nitrogens is 2. The van der Waals surface area contributed by atoms with Gasteiger partial charge in [-0.1, -0.05) is 43.7 Å². The summed E-state index contributed by atoms with van der Waals surface area (Å²) < 4.78 is 0. The molecule has 0 saturated carbocycles. The molecule has 180 valence electrons. The fraction of sp³-hybridized carbons (Fsp3) is 0.423. The first-order chi connectivity index (χ1) is 16.3. The average Bonchev–Trinajstić information content (AvgIpc) is 3.31. The van der Waals surface area contributed by atoms with Gasteiger partial charge in [-0.3, -0.25) is 24.9 Å². The van der Waals surface area contributed by atoms with E-state index in [0.717, 1.165) is 50.7 Å². The minimum absolute atomic E-state index is 0.203. The minimum Gasteiger partial charge on any atom is -0.395 e. The number of carbonyl (C=O) groups excluding carboxylic acids is 1. The van der Waals surface area contributed by atoms with Crippen molar-refractivity contribution in [3.63, 3.8) is 0 Å². The number of nitrogens with zero attached hydrogens (tertiary/aromatic N) is 4.